The van der Waals surface area contributed by atoms with Crippen molar-refractivity contribution in [3.05, 3.63) is 54.6 Å². The van der Waals surface area contributed by atoms with Gasteiger partial charge in [0.2, 0.25) is 0 Å². The predicted octanol–water partition coefficient (Wildman–Crippen LogP) is 5.90. The number of hydrogen-bond donors (Lipinski definition) is 2. The summed E-state index contributed by atoms with van der Waals surface area (Å²) in [6, 6.07) is 17.6. The molecule has 0 aliphatic carbocycles. The molecule has 1 aliphatic heterocycles. The van der Waals surface area contributed by atoms with Crippen molar-refractivity contribution in [3.8, 4) is 11.5 Å². The Morgan fingerprint density at radius 2 is 1.57 bits per heavy atom. The lowest BCUT2D eigenvalue weighted by Gasteiger charge is -2.26. The predicted molar refractivity (Wildman–Crippen MR) is 148 cm³/mol. The van der Waals surface area contributed by atoms with E-state index in [0.717, 1.165) is 41.8 Å². The summed E-state index contributed by atoms with van der Waals surface area (Å²) in [6.07, 6.45) is 3.89. The highest BCUT2D eigenvalue weighted by molar-refractivity contribution is 6.88. The average Bonchev–Trinajstić information content (AvgIpc) is 2.85. The van der Waals surface area contributed by atoms with E-state index in [2.05, 4.69) is 41.2 Å². The van der Waals surface area contributed by atoms with Gasteiger partial charge in [-0.25, -0.2) is 4.79 Å². The normalized spacial score (nSPS) is 14.5. The maximum absolute atomic E-state index is 13.0. The smallest absolute Gasteiger partial charge is 0.323 e. The largest absolute Gasteiger partial charge is 0.495 e. The van der Waals surface area contributed by atoms with E-state index in [-0.39, 0.29) is 6.03 Å². The van der Waals surface area contributed by atoms with Crippen molar-refractivity contribution in [3.63, 3.8) is 0 Å². The standard InChI is InChI=1S/C28H37N3O3Si/c1-33-27-14-12-21(35(2,3)4)20-25(27)30-28(32)29-24-13-15-26(23-11-7-6-10-22(23)24)34-19-18-31-16-8-5-9-17-31/h6-7,10-15,20H,5,8-9,16-19H2,1-4H3,(H2,29,30,32). The maximum atomic E-state index is 13.0. The van der Waals surface area contributed by atoms with Crippen LogP contribution in [-0.4, -0.2) is 52.4 Å². The van der Waals surface area contributed by atoms with Crippen LogP contribution in [0.5, 0.6) is 11.5 Å². The van der Waals surface area contributed by atoms with E-state index in [0.29, 0.717) is 18.0 Å². The lowest BCUT2D eigenvalue weighted by atomic mass is 10.1. The van der Waals surface area contributed by atoms with Crippen LogP contribution < -0.4 is 25.3 Å². The fraction of sp³-hybridized carbons (Fsp3) is 0.393. The molecule has 186 valence electrons. The monoisotopic (exact) mass is 491 g/mol. The number of amides is 2. The molecule has 0 radical (unpaired) electrons. The first kappa shape index (κ1) is 25.1. The zero-order valence-electron chi connectivity index (χ0n) is 21.3. The van der Waals surface area contributed by atoms with Crippen molar-refractivity contribution in [2.75, 3.05) is 44.0 Å². The molecule has 2 N–H and O–H groups in total. The zero-order chi connectivity index (χ0) is 24.8. The van der Waals surface area contributed by atoms with Gasteiger partial charge in [-0.2, -0.15) is 0 Å². The lowest BCUT2D eigenvalue weighted by molar-refractivity contribution is 0.184. The number of piperidine rings is 1. The van der Waals surface area contributed by atoms with Crippen LogP contribution in [0.15, 0.2) is 54.6 Å². The summed E-state index contributed by atoms with van der Waals surface area (Å²) in [5.41, 5.74) is 1.41. The number of benzene rings is 3. The number of carbonyl (C=O) groups excluding carboxylic acids is 1. The highest BCUT2D eigenvalue weighted by Gasteiger charge is 2.19. The molecule has 35 heavy (non-hydrogen) atoms. The third-order valence-electron chi connectivity index (χ3n) is 6.56. The van der Waals surface area contributed by atoms with Crippen LogP contribution in [0.3, 0.4) is 0 Å². The fourth-order valence-corrected chi connectivity index (χ4v) is 5.68. The first-order valence-corrected chi connectivity index (χ1v) is 16.0. The first-order valence-electron chi connectivity index (χ1n) is 12.5. The summed E-state index contributed by atoms with van der Waals surface area (Å²) in [5, 5.41) is 9.19. The second kappa shape index (κ2) is 11.1. The molecule has 3 aromatic rings. The van der Waals surface area contributed by atoms with Gasteiger partial charge in [0.05, 0.1) is 26.6 Å². The van der Waals surface area contributed by atoms with Crippen molar-refractivity contribution in [1.82, 2.24) is 4.90 Å². The van der Waals surface area contributed by atoms with Gasteiger partial charge in [-0.05, 0) is 50.2 Å². The Labute approximate surface area is 209 Å². The van der Waals surface area contributed by atoms with Gasteiger partial charge in [0.25, 0.3) is 0 Å². The van der Waals surface area contributed by atoms with Crippen LogP contribution in [0.1, 0.15) is 19.3 Å². The molecule has 1 heterocycles. The van der Waals surface area contributed by atoms with Crippen molar-refractivity contribution >= 4 is 41.4 Å². The van der Waals surface area contributed by atoms with E-state index in [1.807, 2.05) is 48.5 Å². The van der Waals surface area contributed by atoms with Crippen molar-refractivity contribution in [1.29, 1.82) is 0 Å². The van der Waals surface area contributed by atoms with Crippen molar-refractivity contribution in [2.24, 2.45) is 0 Å². The minimum absolute atomic E-state index is 0.306. The molecule has 0 atom stereocenters. The second-order valence-electron chi connectivity index (χ2n) is 10.2. The number of hydrogen-bond acceptors (Lipinski definition) is 4. The van der Waals surface area contributed by atoms with Gasteiger partial charge in [-0.15, -0.1) is 0 Å². The summed E-state index contributed by atoms with van der Waals surface area (Å²) in [7, 11) is 0.0804. The Bertz CT molecular complexity index is 1170. The van der Waals surface area contributed by atoms with Gasteiger partial charge in [0.15, 0.2) is 0 Å². The molecule has 0 saturated carbocycles. The van der Waals surface area contributed by atoms with E-state index in [1.165, 1.54) is 24.4 Å². The zero-order valence-corrected chi connectivity index (χ0v) is 22.3. The van der Waals surface area contributed by atoms with Crippen LogP contribution in [0.25, 0.3) is 10.8 Å². The van der Waals surface area contributed by atoms with Gasteiger partial charge in [0, 0.05) is 17.3 Å². The number of ether oxygens (including phenoxy) is 2. The van der Waals surface area contributed by atoms with E-state index >= 15 is 0 Å². The van der Waals surface area contributed by atoms with Crippen LogP contribution >= 0.6 is 0 Å². The Hall–Kier alpha value is -3.03. The number of carbonyl (C=O) groups is 1. The van der Waals surface area contributed by atoms with E-state index in [4.69, 9.17) is 9.47 Å². The highest BCUT2D eigenvalue weighted by atomic mass is 28.3. The molecule has 1 fully saturated rings. The number of nitrogens with zero attached hydrogens (tertiary/aromatic N) is 1. The Morgan fingerprint density at radius 3 is 2.29 bits per heavy atom. The molecule has 6 nitrogen and oxygen atoms in total. The average molecular weight is 492 g/mol. The minimum atomic E-state index is -1.53. The van der Waals surface area contributed by atoms with Crippen LogP contribution in [0.4, 0.5) is 16.2 Å². The number of fused-ring (bicyclic) bond motifs is 1. The number of nitrogens with one attached hydrogen (secondary N) is 2. The van der Waals surface area contributed by atoms with Gasteiger partial charge in [0.1, 0.15) is 18.1 Å². The van der Waals surface area contributed by atoms with Gasteiger partial charge in [-0.1, -0.05) is 61.6 Å². The van der Waals surface area contributed by atoms with Crippen LogP contribution in [0, 0.1) is 0 Å². The van der Waals surface area contributed by atoms with E-state index in [9.17, 15) is 4.79 Å². The minimum Gasteiger partial charge on any atom is -0.495 e. The summed E-state index contributed by atoms with van der Waals surface area (Å²) in [4.78, 5) is 15.5. The van der Waals surface area contributed by atoms with E-state index < -0.39 is 8.07 Å². The summed E-state index contributed by atoms with van der Waals surface area (Å²) < 4.78 is 11.7. The van der Waals surface area contributed by atoms with Crippen LogP contribution in [0.2, 0.25) is 19.6 Å². The third-order valence-corrected chi connectivity index (χ3v) is 8.60. The third kappa shape index (κ3) is 6.35. The summed E-state index contributed by atoms with van der Waals surface area (Å²) in [5.74, 6) is 1.48. The van der Waals surface area contributed by atoms with Gasteiger partial charge in [-0.3, -0.25) is 4.90 Å². The second-order valence-corrected chi connectivity index (χ2v) is 15.2. The summed E-state index contributed by atoms with van der Waals surface area (Å²) >= 11 is 0. The molecule has 0 aromatic heterocycles. The molecule has 1 aliphatic rings. The molecule has 7 heteroatoms. The number of rotatable bonds is 8. The number of urea groups is 1. The molecule has 0 unspecified atom stereocenters. The highest BCUT2D eigenvalue weighted by Crippen LogP contribution is 2.32. The fourth-order valence-electron chi connectivity index (χ4n) is 4.52. The SMILES string of the molecule is COc1ccc([Si](C)(C)C)cc1NC(=O)Nc1ccc(OCCN2CCCCC2)c2ccccc12. The Balaban J connectivity index is 1.48. The van der Waals surface area contributed by atoms with Crippen LogP contribution in [-0.2, 0) is 0 Å². The number of likely N-dealkylation sites (tertiary alicyclic amines) is 1. The molecule has 0 spiro atoms. The molecule has 0 bridgehead atoms. The topological polar surface area (TPSA) is 62.8 Å². The quantitative estimate of drug-likeness (QED) is 0.385. The van der Waals surface area contributed by atoms with Gasteiger partial charge < -0.3 is 20.1 Å². The van der Waals surface area contributed by atoms with Crippen molar-refractivity contribution < 1.29 is 14.3 Å². The first-order chi connectivity index (χ1) is 16.8. The Morgan fingerprint density at radius 1 is 0.886 bits per heavy atom. The molecule has 4 rings (SSSR count). The molecule has 1 saturated heterocycles. The maximum Gasteiger partial charge on any atom is 0.323 e. The van der Waals surface area contributed by atoms with Crippen molar-refractivity contribution in [2.45, 2.75) is 38.9 Å². The molecule has 3 aromatic carbocycles. The number of methoxy groups -OCH3 is 1. The molecular weight excluding hydrogens is 454 g/mol. The molecule has 2 amide bonds. The Kier molecular flexibility index (Phi) is 7.98. The summed E-state index contributed by atoms with van der Waals surface area (Å²) in [6.45, 7) is 10.8. The number of anilines is 2. The van der Waals surface area contributed by atoms with E-state index in [1.54, 1.807) is 7.11 Å². The lowest BCUT2D eigenvalue weighted by Crippen LogP contribution is -2.37. The van der Waals surface area contributed by atoms with Gasteiger partial charge >= 0.3 is 6.03 Å². The molecular formula is C28H37N3O3Si.